The smallest absolute Gasteiger partial charge is 0.349 e. The van der Waals surface area contributed by atoms with E-state index in [2.05, 4.69) is 6.92 Å². The van der Waals surface area contributed by atoms with Crippen LogP contribution < -0.4 is 9.47 Å². The van der Waals surface area contributed by atoms with Gasteiger partial charge >= 0.3 is 5.97 Å². The highest BCUT2D eigenvalue weighted by molar-refractivity contribution is 6.05. The molecule has 0 radical (unpaired) electrons. The molecule has 0 aliphatic heterocycles. The Morgan fingerprint density at radius 3 is 2.62 bits per heavy atom. The molecule has 0 atom stereocenters. The topological polar surface area (TPSA) is 48.7 Å². The summed E-state index contributed by atoms with van der Waals surface area (Å²) in [5.74, 6) is 0.691. The van der Waals surface area contributed by atoms with Gasteiger partial charge in [0.05, 0.1) is 0 Å². The third-order valence-electron chi connectivity index (χ3n) is 4.24. The van der Waals surface area contributed by atoms with Crippen LogP contribution in [0.25, 0.3) is 21.9 Å². The van der Waals surface area contributed by atoms with E-state index in [-0.39, 0.29) is 6.61 Å². The first-order chi connectivity index (χ1) is 12.7. The lowest BCUT2D eigenvalue weighted by molar-refractivity contribution is -0.136. The Hall–Kier alpha value is -3.27. The average Bonchev–Trinajstić information content (AvgIpc) is 3.05. The number of benzene rings is 3. The van der Waals surface area contributed by atoms with E-state index >= 15 is 0 Å². The van der Waals surface area contributed by atoms with E-state index in [9.17, 15) is 4.79 Å². The van der Waals surface area contributed by atoms with E-state index in [1.807, 2.05) is 60.7 Å². The maximum absolute atomic E-state index is 12.1. The number of ether oxygens (including phenoxy) is 2. The minimum Gasteiger partial charge on any atom is -0.482 e. The quantitative estimate of drug-likeness (QED) is 0.371. The van der Waals surface area contributed by atoms with Crippen molar-refractivity contribution in [3.05, 3.63) is 72.3 Å². The molecule has 3 aromatic carbocycles. The van der Waals surface area contributed by atoms with Crippen LogP contribution in [-0.4, -0.2) is 12.6 Å². The fourth-order valence-corrected chi connectivity index (χ4v) is 2.93. The van der Waals surface area contributed by atoms with Crippen LogP contribution in [0.15, 0.2) is 71.1 Å². The number of hydrogen-bond donors (Lipinski definition) is 0. The first kappa shape index (κ1) is 16.2. The molecule has 0 saturated carbocycles. The molecule has 4 heteroatoms. The molecule has 0 fully saturated rings. The van der Waals surface area contributed by atoms with Crippen LogP contribution >= 0.6 is 0 Å². The number of rotatable bonds is 5. The molecule has 26 heavy (non-hydrogen) atoms. The Labute approximate surface area is 150 Å². The van der Waals surface area contributed by atoms with Gasteiger partial charge in [0, 0.05) is 10.8 Å². The van der Waals surface area contributed by atoms with E-state index < -0.39 is 5.97 Å². The van der Waals surface area contributed by atoms with E-state index in [4.69, 9.17) is 13.9 Å². The van der Waals surface area contributed by atoms with Crippen molar-refractivity contribution in [2.24, 2.45) is 0 Å². The van der Waals surface area contributed by atoms with Gasteiger partial charge in [0.15, 0.2) is 6.61 Å². The summed E-state index contributed by atoms with van der Waals surface area (Å²) in [5.41, 5.74) is 2.73. The van der Waals surface area contributed by atoms with Gasteiger partial charge in [0.1, 0.15) is 22.7 Å². The summed E-state index contributed by atoms with van der Waals surface area (Å²) < 4.78 is 16.7. The first-order valence-electron chi connectivity index (χ1n) is 8.56. The van der Waals surface area contributed by atoms with Crippen molar-refractivity contribution >= 4 is 27.9 Å². The molecule has 0 bridgehead atoms. The molecule has 0 saturated heterocycles. The molecular formula is C22H18O4. The van der Waals surface area contributed by atoms with Crippen LogP contribution in [0.3, 0.4) is 0 Å². The monoisotopic (exact) mass is 346 g/mol. The average molecular weight is 346 g/mol. The molecule has 0 amide bonds. The van der Waals surface area contributed by atoms with Crippen LogP contribution in [0.5, 0.6) is 11.5 Å². The molecular weight excluding hydrogens is 328 g/mol. The third kappa shape index (κ3) is 3.26. The first-order valence-corrected chi connectivity index (χ1v) is 8.56. The Morgan fingerprint density at radius 1 is 0.885 bits per heavy atom. The van der Waals surface area contributed by atoms with E-state index in [1.54, 1.807) is 6.07 Å². The molecule has 0 spiro atoms. The number of fused-ring (bicyclic) bond motifs is 3. The van der Waals surface area contributed by atoms with E-state index in [1.165, 1.54) is 0 Å². The molecule has 130 valence electrons. The standard InChI is InChI=1S/C22H18O4/c1-2-15-6-5-7-16(12-15)24-14-22(23)25-17-10-11-21-19(13-17)18-8-3-4-9-20(18)26-21/h3-13H,2,14H2,1H3. The van der Waals surface area contributed by atoms with Gasteiger partial charge in [-0.1, -0.05) is 37.3 Å². The van der Waals surface area contributed by atoms with Crippen molar-refractivity contribution < 1.29 is 18.7 Å². The highest BCUT2D eigenvalue weighted by atomic mass is 16.6. The summed E-state index contributed by atoms with van der Waals surface area (Å²) in [4.78, 5) is 12.1. The Balaban J connectivity index is 1.47. The van der Waals surface area contributed by atoms with E-state index in [0.29, 0.717) is 11.5 Å². The fourth-order valence-electron chi connectivity index (χ4n) is 2.93. The van der Waals surface area contributed by atoms with Gasteiger partial charge in [0.2, 0.25) is 0 Å². The minimum absolute atomic E-state index is 0.142. The second-order valence-corrected chi connectivity index (χ2v) is 6.02. The summed E-state index contributed by atoms with van der Waals surface area (Å²) in [6.45, 7) is 1.93. The molecule has 0 unspecified atom stereocenters. The summed E-state index contributed by atoms with van der Waals surface area (Å²) in [5, 5.41) is 1.91. The second kappa shape index (κ2) is 6.92. The van der Waals surface area contributed by atoms with Crippen LogP contribution in [-0.2, 0) is 11.2 Å². The van der Waals surface area contributed by atoms with Crippen molar-refractivity contribution in [3.63, 3.8) is 0 Å². The second-order valence-electron chi connectivity index (χ2n) is 6.02. The number of hydrogen-bond acceptors (Lipinski definition) is 4. The Bertz CT molecular complexity index is 1080. The van der Waals surface area contributed by atoms with Gasteiger partial charge in [-0.05, 0) is 48.4 Å². The lowest BCUT2D eigenvalue weighted by Gasteiger charge is -2.08. The van der Waals surface area contributed by atoms with Gasteiger partial charge in [-0.15, -0.1) is 0 Å². The molecule has 0 N–H and O–H groups in total. The third-order valence-corrected chi connectivity index (χ3v) is 4.24. The molecule has 0 aliphatic rings. The van der Waals surface area contributed by atoms with Crippen LogP contribution in [0.1, 0.15) is 12.5 Å². The van der Waals surface area contributed by atoms with Crippen molar-refractivity contribution in [2.75, 3.05) is 6.61 Å². The minimum atomic E-state index is -0.445. The number of carbonyl (C=O) groups excluding carboxylic acids is 1. The summed E-state index contributed by atoms with van der Waals surface area (Å²) in [6, 6.07) is 20.8. The summed E-state index contributed by atoms with van der Waals surface area (Å²) in [6.07, 6.45) is 0.917. The maximum Gasteiger partial charge on any atom is 0.349 e. The van der Waals surface area contributed by atoms with Gasteiger partial charge in [0.25, 0.3) is 0 Å². The predicted octanol–water partition coefficient (Wildman–Crippen LogP) is 5.13. The van der Waals surface area contributed by atoms with E-state index in [0.717, 1.165) is 33.9 Å². The molecule has 1 heterocycles. The van der Waals surface area contributed by atoms with Gasteiger partial charge in [-0.25, -0.2) is 4.79 Å². The zero-order chi connectivity index (χ0) is 17.9. The van der Waals surface area contributed by atoms with Gasteiger partial charge in [-0.3, -0.25) is 0 Å². The van der Waals surface area contributed by atoms with Gasteiger partial charge in [-0.2, -0.15) is 0 Å². The molecule has 1 aromatic heterocycles. The van der Waals surface area contributed by atoms with Crippen molar-refractivity contribution in [3.8, 4) is 11.5 Å². The predicted molar refractivity (Wildman–Crippen MR) is 101 cm³/mol. The van der Waals surface area contributed by atoms with Crippen LogP contribution in [0.2, 0.25) is 0 Å². The molecule has 4 rings (SSSR count). The molecule has 0 aliphatic carbocycles. The zero-order valence-corrected chi connectivity index (χ0v) is 14.4. The largest absolute Gasteiger partial charge is 0.482 e. The van der Waals surface area contributed by atoms with Gasteiger partial charge < -0.3 is 13.9 Å². The van der Waals surface area contributed by atoms with Crippen molar-refractivity contribution in [2.45, 2.75) is 13.3 Å². The molecule has 4 nitrogen and oxygen atoms in total. The maximum atomic E-state index is 12.1. The lowest BCUT2D eigenvalue weighted by Crippen LogP contribution is -2.17. The van der Waals surface area contributed by atoms with Crippen molar-refractivity contribution in [1.29, 1.82) is 0 Å². The van der Waals surface area contributed by atoms with Crippen LogP contribution in [0.4, 0.5) is 0 Å². The SMILES string of the molecule is CCc1cccc(OCC(=O)Oc2ccc3oc4ccccc4c3c2)c1. The number of para-hydroxylation sites is 1. The number of carbonyl (C=O) groups is 1. The fraction of sp³-hybridized carbons (Fsp3) is 0.136. The lowest BCUT2D eigenvalue weighted by atomic mass is 10.1. The molecule has 4 aromatic rings. The highest BCUT2D eigenvalue weighted by Gasteiger charge is 2.11. The number of aryl methyl sites for hydroxylation is 1. The van der Waals surface area contributed by atoms with Crippen LogP contribution in [0, 0.1) is 0 Å². The normalized spacial score (nSPS) is 11.0. The Kier molecular flexibility index (Phi) is 4.32. The number of esters is 1. The Morgan fingerprint density at radius 2 is 1.73 bits per heavy atom. The van der Waals surface area contributed by atoms with Crippen molar-refractivity contribution in [1.82, 2.24) is 0 Å². The summed E-state index contributed by atoms with van der Waals surface area (Å²) >= 11 is 0. The summed E-state index contributed by atoms with van der Waals surface area (Å²) in [7, 11) is 0. The zero-order valence-electron chi connectivity index (χ0n) is 14.4. The highest BCUT2D eigenvalue weighted by Crippen LogP contribution is 2.31. The number of furan rings is 1.